The Bertz CT molecular complexity index is 396. The number of carbonyl (C=O) groups is 1. The second-order valence-electron chi connectivity index (χ2n) is 5.04. The number of nitrogens with zero attached hydrogens (tertiary/aromatic N) is 2. The molecular formula is C13H19N3O. The molecule has 0 saturated heterocycles. The van der Waals surface area contributed by atoms with Crippen LogP contribution < -0.4 is 10.6 Å². The number of aromatic nitrogens is 1. The summed E-state index contributed by atoms with van der Waals surface area (Å²) < 4.78 is 0. The van der Waals surface area contributed by atoms with Gasteiger partial charge in [-0.25, -0.2) is 4.98 Å². The van der Waals surface area contributed by atoms with E-state index in [1.807, 2.05) is 11.0 Å². The largest absolute Gasteiger partial charge is 0.397 e. The van der Waals surface area contributed by atoms with E-state index in [1.54, 1.807) is 12.3 Å². The zero-order valence-electron chi connectivity index (χ0n) is 10.4. The molecule has 0 aliphatic heterocycles. The minimum atomic E-state index is 0.166. The number of hydrogen-bond donors (Lipinski definition) is 1. The molecule has 1 aliphatic rings. The summed E-state index contributed by atoms with van der Waals surface area (Å²) in [6.45, 7) is 4.11. The van der Waals surface area contributed by atoms with E-state index in [9.17, 15) is 4.79 Å². The molecule has 0 spiro atoms. The van der Waals surface area contributed by atoms with Gasteiger partial charge in [0.15, 0.2) is 0 Å². The van der Waals surface area contributed by atoms with Gasteiger partial charge in [0.2, 0.25) is 5.91 Å². The molecular weight excluding hydrogens is 214 g/mol. The van der Waals surface area contributed by atoms with E-state index in [0.29, 0.717) is 24.1 Å². The van der Waals surface area contributed by atoms with Gasteiger partial charge in [-0.3, -0.25) is 9.69 Å². The smallest absolute Gasteiger partial charge is 0.228 e. The Kier molecular flexibility index (Phi) is 3.31. The molecule has 1 fully saturated rings. The zero-order valence-corrected chi connectivity index (χ0v) is 10.4. The average molecular weight is 233 g/mol. The summed E-state index contributed by atoms with van der Waals surface area (Å²) in [7, 11) is 0. The van der Waals surface area contributed by atoms with Crippen LogP contribution in [0.5, 0.6) is 0 Å². The molecule has 1 aromatic heterocycles. The molecule has 0 unspecified atom stereocenters. The minimum Gasteiger partial charge on any atom is -0.397 e. The van der Waals surface area contributed by atoms with Crippen LogP contribution in [0.25, 0.3) is 0 Å². The number of amides is 1. The quantitative estimate of drug-likeness (QED) is 0.867. The highest BCUT2D eigenvalue weighted by molar-refractivity contribution is 5.93. The average Bonchev–Trinajstić information content (AvgIpc) is 3.04. The summed E-state index contributed by atoms with van der Waals surface area (Å²) in [5.74, 6) is 1.27. The topological polar surface area (TPSA) is 59.2 Å². The zero-order chi connectivity index (χ0) is 12.4. The van der Waals surface area contributed by atoms with Crippen LogP contribution in [0.2, 0.25) is 0 Å². The molecule has 4 heteroatoms. The van der Waals surface area contributed by atoms with Crippen LogP contribution in [0.3, 0.4) is 0 Å². The molecule has 1 aliphatic carbocycles. The molecule has 1 saturated carbocycles. The molecule has 0 bridgehead atoms. The summed E-state index contributed by atoms with van der Waals surface area (Å²) >= 11 is 0. The first-order valence-corrected chi connectivity index (χ1v) is 6.11. The highest BCUT2D eigenvalue weighted by atomic mass is 16.2. The fourth-order valence-electron chi connectivity index (χ4n) is 1.84. The van der Waals surface area contributed by atoms with Crippen molar-refractivity contribution in [3.05, 3.63) is 18.3 Å². The summed E-state index contributed by atoms with van der Waals surface area (Å²) in [6, 6.07) is 3.96. The SMILES string of the molecule is CC(C)CC(=O)N(c1ccc(N)cn1)C1CC1. The lowest BCUT2D eigenvalue weighted by molar-refractivity contribution is -0.119. The minimum absolute atomic E-state index is 0.166. The maximum Gasteiger partial charge on any atom is 0.228 e. The van der Waals surface area contributed by atoms with Crippen molar-refractivity contribution in [3.8, 4) is 0 Å². The first-order valence-electron chi connectivity index (χ1n) is 6.11. The van der Waals surface area contributed by atoms with Crippen molar-refractivity contribution in [2.24, 2.45) is 5.92 Å². The number of nitrogen functional groups attached to an aromatic ring is 1. The maximum atomic E-state index is 12.2. The Morgan fingerprint density at radius 1 is 1.53 bits per heavy atom. The van der Waals surface area contributed by atoms with Crippen LogP contribution in [0.15, 0.2) is 18.3 Å². The van der Waals surface area contributed by atoms with E-state index in [4.69, 9.17) is 5.73 Å². The highest BCUT2D eigenvalue weighted by Gasteiger charge is 2.34. The highest BCUT2D eigenvalue weighted by Crippen LogP contribution is 2.31. The Labute approximate surface area is 102 Å². The Balaban J connectivity index is 2.17. The summed E-state index contributed by atoms with van der Waals surface area (Å²) in [5, 5.41) is 0. The van der Waals surface area contributed by atoms with Gasteiger partial charge in [-0.2, -0.15) is 0 Å². The Hall–Kier alpha value is -1.58. The van der Waals surface area contributed by atoms with Crippen LogP contribution in [0, 0.1) is 5.92 Å². The molecule has 0 radical (unpaired) electrons. The van der Waals surface area contributed by atoms with E-state index < -0.39 is 0 Å². The fraction of sp³-hybridized carbons (Fsp3) is 0.538. The number of hydrogen-bond acceptors (Lipinski definition) is 3. The third-order valence-corrected chi connectivity index (χ3v) is 2.78. The van der Waals surface area contributed by atoms with Gasteiger partial charge in [0.05, 0.1) is 11.9 Å². The van der Waals surface area contributed by atoms with Gasteiger partial charge >= 0.3 is 0 Å². The normalized spacial score (nSPS) is 15.0. The van der Waals surface area contributed by atoms with Crippen LogP contribution in [-0.4, -0.2) is 16.9 Å². The third kappa shape index (κ3) is 2.96. The van der Waals surface area contributed by atoms with E-state index in [-0.39, 0.29) is 5.91 Å². The van der Waals surface area contributed by atoms with Crippen molar-refractivity contribution in [2.75, 3.05) is 10.6 Å². The maximum absolute atomic E-state index is 12.2. The van der Waals surface area contributed by atoms with E-state index in [0.717, 1.165) is 18.7 Å². The van der Waals surface area contributed by atoms with Crippen molar-refractivity contribution in [1.29, 1.82) is 0 Å². The lowest BCUT2D eigenvalue weighted by Gasteiger charge is -2.22. The molecule has 2 N–H and O–H groups in total. The first kappa shape index (κ1) is 11.9. The fourth-order valence-corrected chi connectivity index (χ4v) is 1.84. The van der Waals surface area contributed by atoms with Crippen LogP contribution >= 0.6 is 0 Å². The van der Waals surface area contributed by atoms with Gasteiger partial charge in [0.1, 0.15) is 5.82 Å². The molecule has 2 rings (SSSR count). The predicted molar refractivity (Wildman–Crippen MR) is 68.6 cm³/mol. The summed E-state index contributed by atoms with van der Waals surface area (Å²) in [6.07, 6.45) is 4.34. The van der Waals surface area contributed by atoms with E-state index >= 15 is 0 Å². The van der Waals surface area contributed by atoms with Gasteiger partial charge in [0.25, 0.3) is 0 Å². The van der Waals surface area contributed by atoms with Crippen molar-refractivity contribution >= 4 is 17.4 Å². The van der Waals surface area contributed by atoms with Crippen LogP contribution in [0.1, 0.15) is 33.1 Å². The molecule has 1 amide bonds. The Morgan fingerprint density at radius 2 is 2.24 bits per heavy atom. The summed E-state index contributed by atoms with van der Waals surface area (Å²) in [4.78, 5) is 18.3. The van der Waals surface area contributed by atoms with Gasteiger partial charge in [-0.1, -0.05) is 13.8 Å². The van der Waals surface area contributed by atoms with Gasteiger partial charge < -0.3 is 5.73 Å². The molecule has 0 atom stereocenters. The second-order valence-corrected chi connectivity index (χ2v) is 5.04. The van der Waals surface area contributed by atoms with E-state index in [2.05, 4.69) is 18.8 Å². The van der Waals surface area contributed by atoms with E-state index in [1.165, 1.54) is 0 Å². The standard InChI is InChI=1S/C13H19N3O/c1-9(2)7-13(17)16(11-4-5-11)12-6-3-10(14)8-15-12/h3,6,8-9,11H,4-5,7,14H2,1-2H3. The lowest BCUT2D eigenvalue weighted by Crippen LogP contribution is -2.34. The monoisotopic (exact) mass is 233 g/mol. The van der Waals surface area contributed by atoms with Crippen molar-refractivity contribution in [3.63, 3.8) is 0 Å². The molecule has 4 nitrogen and oxygen atoms in total. The predicted octanol–water partition coefficient (Wildman–Crippen LogP) is 2.21. The van der Waals surface area contributed by atoms with Gasteiger partial charge in [-0.05, 0) is 30.9 Å². The van der Waals surface area contributed by atoms with Crippen molar-refractivity contribution < 1.29 is 4.79 Å². The van der Waals surface area contributed by atoms with Crippen molar-refractivity contribution in [1.82, 2.24) is 4.98 Å². The first-order chi connectivity index (χ1) is 8.08. The van der Waals surface area contributed by atoms with Crippen LogP contribution in [0.4, 0.5) is 11.5 Å². The number of rotatable bonds is 4. The third-order valence-electron chi connectivity index (χ3n) is 2.78. The molecule has 1 heterocycles. The van der Waals surface area contributed by atoms with Crippen molar-refractivity contribution in [2.45, 2.75) is 39.2 Å². The number of pyridine rings is 1. The number of carbonyl (C=O) groups excluding carboxylic acids is 1. The van der Waals surface area contributed by atoms with Gasteiger partial charge in [0, 0.05) is 12.5 Å². The molecule has 1 aromatic rings. The number of nitrogens with two attached hydrogens (primary N) is 1. The lowest BCUT2D eigenvalue weighted by atomic mass is 10.1. The number of anilines is 2. The second kappa shape index (κ2) is 4.73. The molecule has 0 aromatic carbocycles. The molecule has 17 heavy (non-hydrogen) atoms. The van der Waals surface area contributed by atoms with Gasteiger partial charge in [-0.15, -0.1) is 0 Å². The van der Waals surface area contributed by atoms with Crippen LogP contribution in [-0.2, 0) is 4.79 Å². The summed E-state index contributed by atoms with van der Waals surface area (Å²) in [5.41, 5.74) is 6.24. The molecule has 92 valence electrons. The Morgan fingerprint density at radius 3 is 2.71 bits per heavy atom.